The van der Waals surface area contributed by atoms with Gasteiger partial charge in [-0.2, -0.15) is 4.98 Å². The number of anilines is 1. The van der Waals surface area contributed by atoms with Gasteiger partial charge in [0.2, 0.25) is 0 Å². The van der Waals surface area contributed by atoms with E-state index in [1.54, 1.807) is 32.0 Å². The molecule has 6 atom stereocenters. The number of hydrogen-bond acceptors (Lipinski definition) is 10. The molecule has 1 aromatic heterocycles. The third-order valence-corrected chi connectivity index (χ3v) is 7.70. The highest BCUT2D eigenvalue weighted by Crippen LogP contribution is 2.51. The number of para-hydroxylation sites is 1. The van der Waals surface area contributed by atoms with Crippen molar-refractivity contribution in [2.75, 3.05) is 25.1 Å². The zero-order chi connectivity index (χ0) is 29.2. The predicted molar refractivity (Wildman–Crippen MR) is 133 cm³/mol. The number of ether oxygens (including phenoxy) is 2. The smallest absolute Gasteiger partial charge is 0.380 e. The Labute approximate surface area is 221 Å². The molecule has 1 aliphatic heterocycles. The average molecular weight is 564 g/mol. The second-order valence-corrected chi connectivity index (χ2v) is 11.4. The van der Waals surface area contributed by atoms with E-state index >= 15 is 0 Å². The molecule has 14 heteroatoms. The molecule has 2 heterocycles. The molecule has 0 radical (unpaired) electrons. The van der Waals surface area contributed by atoms with E-state index in [1.165, 1.54) is 25.1 Å². The summed E-state index contributed by atoms with van der Waals surface area (Å²) in [5.74, 6) is -1.88. The Kier molecular flexibility index (Phi) is 8.41. The van der Waals surface area contributed by atoms with Gasteiger partial charge in [-0.15, -0.1) is 11.6 Å². The molecule has 3 rings (SSSR count). The summed E-state index contributed by atoms with van der Waals surface area (Å²) in [5.41, 5.74) is 4.49. The van der Waals surface area contributed by atoms with Gasteiger partial charge in [-0.05, 0) is 32.0 Å². The maximum atomic E-state index is 14.2. The lowest BCUT2D eigenvalue weighted by molar-refractivity contribution is -0.151. The summed E-state index contributed by atoms with van der Waals surface area (Å²) in [6.07, 6.45) is -5.91. The Morgan fingerprint density at radius 2 is 2.05 bits per heavy atom. The molecule has 0 bridgehead atoms. The fourth-order valence-electron chi connectivity index (χ4n) is 3.49. The van der Waals surface area contributed by atoms with E-state index in [-0.39, 0.29) is 11.6 Å². The summed E-state index contributed by atoms with van der Waals surface area (Å²) in [7, 11) is -4.55. The quantitative estimate of drug-likeness (QED) is 0.237. The van der Waals surface area contributed by atoms with Gasteiger partial charge in [0.1, 0.15) is 35.3 Å². The molecular weight excluding hydrogens is 532 g/mol. The van der Waals surface area contributed by atoms with Crippen LogP contribution in [0, 0.1) is 5.92 Å². The number of halogens is 2. The van der Waals surface area contributed by atoms with Gasteiger partial charge in [-0.1, -0.05) is 25.1 Å². The number of esters is 1. The van der Waals surface area contributed by atoms with Crippen molar-refractivity contribution in [2.45, 2.75) is 50.2 Å². The van der Waals surface area contributed by atoms with Gasteiger partial charge < -0.3 is 24.8 Å². The number of nitrogens with two attached hydrogens (primary N) is 1. The summed E-state index contributed by atoms with van der Waals surface area (Å²) in [5, 5.41) is 10.9. The zero-order valence-corrected chi connectivity index (χ0v) is 22.0. The molecule has 3 N–H and O–H groups in total. The molecule has 11 nitrogen and oxygen atoms in total. The van der Waals surface area contributed by atoms with E-state index in [0.29, 0.717) is 0 Å². The topological polar surface area (TPSA) is 152 Å². The van der Waals surface area contributed by atoms with Gasteiger partial charge in [0.05, 0.1) is 27.5 Å². The average Bonchev–Trinajstić information content (AvgIpc) is 3.10. The summed E-state index contributed by atoms with van der Waals surface area (Å²) < 4.78 is 67.5. The Hall–Kier alpha value is -2.50. The normalized spacial score (nSPS) is 27.2. The van der Waals surface area contributed by atoms with Crippen LogP contribution in [-0.2, 0) is 23.4 Å². The van der Waals surface area contributed by atoms with E-state index in [1.807, 2.05) is 0 Å². The van der Waals surface area contributed by atoms with E-state index in [4.69, 9.17) is 38.6 Å². The number of nitrogens with zero attached hydrogens (tertiary/aromatic N) is 2. The van der Waals surface area contributed by atoms with Crippen LogP contribution in [0.4, 0.5) is 10.2 Å². The van der Waals surface area contributed by atoms with Crippen molar-refractivity contribution in [2.24, 2.45) is 5.92 Å². The highest BCUT2D eigenvalue weighted by molar-refractivity contribution is 7.54. The summed E-state index contributed by atoms with van der Waals surface area (Å²) in [6, 6.07) is 8.88. The molecule has 2 aromatic rings. The first-order valence-electron chi connectivity index (χ1n) is 12.3. The molecule has 204 valence electrons. The van der Waals surface area contributed by atoms with Crippen LogP contribution in [0.1, 0.15) is 29.7 Å². The standard InChI is InChI=1S/C23H30ClFN3O8P/c1-14(2)34-20(30)15(3)12-37(32,36-16-7-5-4-6-8-16)33-11-17-19(29)23(24,13-25)21(35-17)28-10-9-18(26)27-22(28)31/h4-10,14-15,17,19,21,29H,11-13H2,1-3H3,(H2,26,27,31)/t15-,17-,19+,21-,23?,37?/m1/s1/i11D2. The van der Waals surface area contributed by atoms with Crippen molar-refractivity contribution in [1.29, 1.82) is 0 Å². The van der Waals surface area contributed by atoms with Crippen LogP contribution in [0.3, 0.4) is 0 Å². The van der Waals surface area contributed by atoms with Crippen molar-refractivity contribution in [3.63, 3.8) is 0 Å². The summed E-state index contributed by atoms with van der Waals surface area (Å²) in [6.45, 7) is 0.0514. The molecule has 37 heavy (non-hydrogen) atoms. The van der Waals surface area contributed by atoms with Gasteiger partial charge >= 0.3 is 19.3 Å². The number of aromatic nitrogens is 2. The highest BCUT2D eigenvalue weighted by Gasteiger charge is 2.57. The number of nitrogen functional groups attached to an aromatic ring is 1. The van der Waals surface area contributed by atoms with Crippen LogP contribution < -0.4 is 15.9 Å². The second kappa shape index (κ2) is 11.9. The lowest BCUT2D eigenvalue weighted by atomic mass is 10.00. The number of benzene rings is 1. The molecule has 1 aliphatic rings. The fraction of sp³-hybridized carbons (Fsp3) is 0.522. The molecular formula is C23H30ClFN3O8P. The summed E-state index contributed by atoms with van der Waals surface area (Å²) in [4.78, 5) is 26.0. The first-order valence-corrected chi connectivity index (χ1v) is 13.4. The number of carbonyl (C=O) groups is 1. The number of alkyl halides is 2. The summed E-state index contributed by atoms with van der Waals surface area (Å²) >= 11 is 6.34. The third-order valence-electron chi connectivity index (χ3n) is 5.32. The largest absolute Gasteiger partial charge is 0.463 e. The monoisotopic (exact) mass is 563 g/mol. The Morgan fingerprint density at radius 3 is 2.65 bits per heavy atom. The molecule has 0 saturated carbocycles. The Balaban J connectivity index is 1.95. The maximum Gasteiger partial charge on any atom is 0.380 e. The van der Waals surface area contributed by atoms with E-state index in [2.05, 4.69) is 4.98 Å². The number of carbonyl (C=O) groups excluding carboxylic acids is 1. The SMILES string of the molecule is [2H]C([2H])(OP(=O)(C[C@@H](C)C(=O)OC(C)C)Oc1ccccc1)[C@H]1O[C@@H](n2ccc(N)nc2=O)C(Cl)(CF)[C@H]1O. The Bertz CT molecular complexity index is 1270. The van der Waals surface area contributed by atoms with Crippen molar-refractivity contribution in [3.8, 4) is 5.75 Å². The van der Waals surface area contributed by atoms with Crippen LogP contribution in [0.25, 0.3) is 0 Å². The van der Waals surface area contributed by atoms with Gasteiger partial charge in [-0.25, -0.2) is 13.8 Å². The van der Waals surface area contributed by atoms with Crippen molar-refractivity contribution >= 4 is 31.0 Å². The van der Waals surface area contributed by atoms with E-state index in [9.17, 15) is 23.7 Å². The fourth-order valence-corrected chi connectivity index (χ4v) is 5.47. The molecule has 1 aromatic carbocycles. The molecule has 2 unspecified atom stereocenters. The van der Waals surface area contributed by atoms with Crippen molar-refractivity contribution in [3.05, 3.63) is 53.1 Å². The van der Waals surface area contributed by atoms with Crippen molar-refractivity contribution in [1.82, 2.24) is 9.55 Å². The number of aliphatic hydroxyl groups is 1. The van der Waals surface area contributed by atoms with Crippen LogP contribution in [0.15, 0.2) is 47.4 Å². The molecule has 1 saturated heterocycles. The number of rotatable bonds is 11. The minimum Gasteiger partial charge on any atom is -0.463 e. The minimum absolute atomic E-state index is 0.0433. The first-order chi connectivity index (χ1) is 18.1. The van der Waals surface area contributed by atoms with Crippen LogP contribution >= 0.6 is 19.2 Å². The van der Waals surface area contributed by atoms with Crippen molar-refractivity contribution < 1.29 is 40.1 Å². The minimum atomic E-state index is -4.55. The van der Waals surface area contributed by atoms with Crippen LogP contribution in [-0.4, -0.2) is 63.2 Å². The van der Waals surface area contributed by atoms with E-state index in [0.717, 1.165) is 10.8 Å². The highest BCUT2D eigenvalue weighted by atomic mass is 35.5. The molecule has 0 aliphatic carbocycles. The van der Waals surface area contributed by atoms with E-state index < -0.39 is 74.0 Å². The second-order valence-electron chi connectivity index (χ2n) is 8.75. The maximum absolute atomic E-state index is 14.2. The van der Waals surface area contributed by atoms with Gasteiger partial charge in [0.25, 0.3) is 0 Å². The van der Waals surface area contributed by atoms with Gasteiger partial charge in [0, 0.05) is 6.20 Å². The number of hydrogen-bond donors (Lipinski definition) is 2. The zero-order valence-electron chi connectivity index (χ0n) is 22.3. The Morgan fingerprint density at radius 1 is 1.38 bits per heavy atom. The predicted octanol–water partition coefficient (Wildman–Crippen LogP) is 2.91. The molecule has 1 fully saturated rings. The number of aliphatic hydroxyl groups excluding tert-OH is 1. The first kappa shape index (κ1) is 26.1. The van der Waals surface area contributed by atoms with Gasteiger partial charge in [-0.3, -0.25) is 13.9 Å². The van der Waals surface area contributed by atoms with Gasteiger partial charge in [0.15, 0.2) is 6.23 Å². The lowest BCUT2D eigenvalue weighted by Crippen LogP contribution is -2.46. The van der Waals surface area contributed by atoms with Crippen LogP contribution in [0.2, 0.25) is 0 Å². The van der Waals surface area contributed by atoms with Crippen LogP contribution in [0.5, 0.6) is 5.75 Å². The lowest BCUT2D eigenvalue weighted by Gasteiger charge is -2.27. The molecule has 0 spiro atoms. The third kappa shape index (κ3) is 6.88. The molecule has 0 amide bonds.